The summed E-state index contributed by atoms with van der Waals surface area (Å²) < 4.78 is 6.54. The summed E-state index contributed by atoms with van der Waals surface area (Å²) >= 11 is 0. The van der Waals surface area contributed by atoms with E-state index in [4.69, 9.17) is 16.1 Å². The molecule has 12 nitrogen and oxygen atoms in total. The number of anilines is 1. The Morgan fingerprint density at radius 3 is 2.53 bits per heavy atom. The first kappa shape index (κ1) is 25.3. The summed E-state index contributed by atoms with van der Waals surface area (Å²) in [5.74, 6) is 0.262. The predicted octanol–water partition coefficient (Wildman–Crippen LogP) is 0.607. The number of hydrogen-bond acceptors (Lipinski definition) is 9. The van der Waals surface area contributed by atoms with Crippen LogP contribution in [-0.4, -0.2) is 67.2 Å². The lowest BCUT2D eigenvalue weighted by molar-refractivity contribution is -0.130. The van der Waals surface area contributed by atoms with Gasteiger partial charge < -0.3 is 26.3 Å². The van der Waals surface area contributed by atoms with Crippen molar-refractivity contribution in [3.8, 4) is 11.5 Å². The van der Waals surface area contributed by atoms with Gasteiger partial charge in [0.15, 0.2) is 17.3 Å². The maximum absolute atomic E-state index is 13.1. The van der Waals surface area contributed by atoms with Gasteiger partial charge in [-0.1, -0.05) is 0 Å². The number of likely N-dealkylation sites (tertiary alicyclic amines) is 1. The van der Waals surface area contributed by atoms with Crippen LogP contribution >= 0.6 is 24.8 Å². The molecule has 0 radical (unpaired) electrons. The van der Waals surface area contributed by atoms with Gasteiger partial charge in [-0.2, -0.15) is 0 Å². The summed E-state index contributed by atoms with van der Waals surface area (Å²) in [5, 5.41) is 10.5. The van der Waals surface area contributed by atoms with Crippen LogP contribution in [0.3, 0.4) is 0 Å². The Labute approximate surface area is 195 Å². The molecule has 0 unspecified atom stereocenters. The third-order valence-electron chi connectivity index (χ3n) is 5.29. The molecule has 1 saturated heterocycles. The number of amides is 2. The van der Waals surface area contributed by atoms with E-state index in [1.165, 1.54) is 6.20 Å². The number of nitrogens with one attached hydrogen (secondary N) is 1. The number of hydrogen-bond donors (Lipinski definition) is 3. The maximum atomic E-state index is 13.1. The molecule has 1 aliphatic rings. The second-order valence-corrected chi connectivity index (χ2v) is 7.07. The molecule has 0 aromatic carbocycles. The quantitative estimate of drug-likeness (QED) is 0.467. The van der Waals surface area contributed by atoms with Crippen LogP contribution < -0.4 is 16.8 Å². The van der Waals surface area contributed by atoms with Crippen molar-refractivity contribution in [3.63, 3.8) is 0 Å². The average molecular weight is 486 g/mol. The van der Waals surface area contributed by atoms with Crippen LogP contribution in [0, 0.1) is 0 Å². The number of nitrogen functional groups attached to an aromatic ring is 1. The van der Waals surface area contributed by atoms with Crippen LogP contribution in [0.4, 0.5) is 5.82 Å². The van der Waals surface area contributed by atoms with Crippen LogP contribution in [0.25, 0.3) is 22.6 Å². The summed E-state index contributed by atoms with van der Waals surface area (Å²) in [6, 6.07) is -0.0394. The summed E-state index contributed by atoms with van der Waals surface area (Å²) in [7, 11) is 0. The van der Waals surface area contributed by atoms with Crippen molar-refractivity contribution in [2.45, 2.75) is 32.4 Å². The Kier molecular flexibility index (Phi) is 8.36. The normalized spacial score (nSPS) is 14.0. The number of fused-ring (bicyclic) bond motifs is 1. The summed E-state index contributed by atoms with van der Waals surface area (Å²) in [6.07, 6.45) is 4.44. The number of piperidine rings is 1. The van der Waals surface area contributed by atoms with Crippen molar-refractivity contribution in [2.24, 2.45) is 5.73 Å². The van der Waals surface area contributed by atoms with Crippen molar-refractivity contribution in [1.29, 1.82) is 0 Å². The highest BCUT2D eigenvalue weighted by Crippen LogP contribution is 2.28. The van der Waals surface area contributed by atoms with Crippen LogP contribution in [0.2, 0.25) is 0 Å². The smallest absolute Gasteiger partial charge is 0.255 e. The number of pyridine rings is 1. The number of nitrogens with zero attached hydrogens (tertiary/aromatic N) is 6. The van der Waals surface area contributed by atoms with E-state index >= 15 is 0 Å². The van der Waals surface area contributed by atoms with E-state index in [1.54, 1.807) is 11.1 Å². The molecule has 0 bridgehead atoms. The Hall–Kier alpha value is -2.96. The summed E-state index contributed by atoms with van der Waals surface area (Å²) in [4.78, 5) is 35.2. The molecule has 0 spiro atoms. The van der Waals surface area contributed by atoms with Crippen LogP contribution in [0.1, 0.15) is 30.1 Å². The van der Waals surface area contributed by atoms with Gasteiger partial charge in [-0.3, -0.25) is 14.6 Å². The minimum absolute atomic E-state index is 0. The van der Waals surface area contributed by atoms with E-state index in [9.17, 15) is 9.59 Å². The lowest BCUT2D eigenvalue weighted by Crippen LogP contribution is -2.48. The number of imidazole rings is 1. The van der Waals surface area contributed by atoms with Gasteiger partial charge >= 0.3 is 0 Å². The molecule has 5 N–H and O–H groups in total. The van der Waals surface area contributed by atoms with E-state index in [-0.39, 0.29) is 55.0 Å². The lowest BCUT2D eigenvalue weighted by atomic mass is 10.0. The molecule has 3 aromatic rings. The minimum Gasteiger partial charge on any atom is -0.379 e. The molecule has 2 amide bonds. The van der Waals surface area contributed by atoms with Gasteiger partial charge in [-0.25, -0.2) is 9.61 Å². The molecule has 32 heavy (non-hydrogen) atoms. The molecule has 0 aliphatic carbocycles. The number of aryl methyl sites for hydroxylation is 1. The van der Waals surface area contributed by atoms with E-state index in [2.05, 4.69) is 25.6 Å². The molecular weight excluding hydrogens is 461 g/mol. The Morgan fingerprint density at radius 2 is 1.94 bits per heavy atom. The van der Waals surface area contributed by atoms with Crippen LogP contribution in [0.5, 0.6) is 0 Å². The molecule has 0 atom stereocenters. The largest absolute Gasteiger partial charge is 0.379 e. The maximum Gasteiger partial charge on any atom is 0.255 e. The number of halogens is 2. The highest BCUT2D eigenvalue weighted by atomic mass is 35.5. The predicted molar refractivity (Wildman–Crippen MR) is 122 cm³/mol. The summed E-state index contributed by atoms with van der Waals surface area (Å²) in [5.41, 5.74) is 13.2. The zero-order valence-corrected chi connectivity index (χ0v) is 19.0. The fraction of sp³-hybridized carbons (Fsp3) is 0.444. The number of aromatic nitrogens is 5. The molecule has 3 aromatic heterocycles. The van der Waals surface area contributed by atoms with Crippen molar-refractivity contribution in [2.75, 3.05) is 25.4 Å². The molecule has 14 heteroatoms. The van der Waals surface area contributed by atoms with Gasteiger partial charge in [0.05, 0.1) is 23.8 Å². The van der Waals surface area contributed by atoms with E-state index < -0.39 is 0 Å². The minimum atomic E-state index is -0.246. The van der Waals surface area contributed by atoms with Crippen molar-refractivity contribution >= 4 is 53.5 Å². The second-order valence-electron chi connectivity index (χ2n) is 7.07. The monoisotopic (exact) mass is 485 g/mol. The molecule has 4 heterocycles. The van der Waals surface area contributed by atoms with E-state index in [1.807, 2.05) is 11.5 Å². The van der Waals surface area contributed by atoms with Gasteiger partial charge in [0.2, 0.25) is 5.91 Å². The van der Waals surface area contributed by atoms with Crippen molar-refractivity contribution < 1.29 is 14.2 Å². The SMILES string of the molecule is CCn1c(-c2nonc2N)nc2cncc(C(=O)NC3CCN(C(=O)CN)CC3)c21.Cl.Cl. The Morgan fingerprint density at radius 1 is 1.22 bits per heavy atom. The molecular formula is C18H25Cl2N9O3. The first-order valence-electron chi connectivity index (χ1n) is 9.74. The van der Waals surface area contributed by atoms with Crippen molar-refractivity contribution in [3.05, 3.63) is 18.0 Å². The third-order valence-corrected chi connectivity index (χ3v) is 5.29. The van der Waals surface area contributed by atoms with Crippen molar-refractivity contribution in [1.82, 2.24) is 35.1 Å². The van der Waals surface area contributed by atoms with Crippen LogP contribution in [0.15, 0.2) is 17.0 Å². The number of carbonyl (C=O) groups is 2. The number of carbonyl (C=O) groups excluding carboxylic acids is 2. The fourth-order valence-electron chi connectivity index (χ4n) is 3.76. The van der Waals surface area contributed by atoms with Gasteiger partial charge in [-0.05, 0) is 30.1 Å². The Balaban J connectivity index is 0.00000181. The number of rotatable bonds is 5. The second kappa shape index (κ2) is 10.6. The lowest BCUT2D eigenvalue weighted by Gasteiger charge is -2.32. The first-order chi connectivity index (χ1) is 14.5. The zero-order chi connectivity index (χ0) is 21.3. The fourth-order valence-corrected chi connectivity index (χ4v) is 3.76. The highest BCUT2D eigenvalue weighted by molar-refractivity contribution is 6.05. The molecule has 4 rings (SSSR count). The van der Waals surface area contributed by atoms with E-state index in [0.717, 1.165) is 0 Å². The molecule has 0 saturated carbocycles. The highest BCUT2D eigenvalue weighted by Gasteiger charge is 2.26. The topological polar surface area (TPSA) is 171 Å². The molecule has 1 fully saturated rings. The van der Waals surface area contributed by atoms with Gasteiger partial charge in [-0.15, -0.1) is 24.8 Å². The third kappa shape index (κ3) is 4.61. The molecule has 1 aliphatic heterocycles. The zero-order valence-electron chi connectivity index (χ0n) is 17.4. The van der Waals surface area contributed by atoms with Gasteiger partial charge in [0.25, 0.3) is 5.91 Å². The summed E-state index contributed by atoms with van der Waals surface area (Å²) in [6.45, 7) is 3.60. The van der Waals surface area contributed by atoms with E-state index in [0.29, 0.717) is 60.6 Å². The first-order valence-corrected chi connectivity index (χ1v) is 9.74. The Bertz CT molecular complexity index is 1090. The number of nitrogens with two attached hydrogens (primary N) is 2. The van der Waals surface area contributed by atoms with Gasteiger partial charge in [0.1, 0.15) is 5.52 Å². The average Bonchev–Trinajstić information content (AvgIpc) is 3.35. The van der Waals surface area contributed by atoms with Crippen LogP contribution in [-0.2, 0) is 11.3 Å². The van der Waals surface area contributed by atoms with Gasteiger partial charge in [0, 0.05) is 31.9 Å². The standard InChI is InChI=1S/C18H23N9O3.2ClH/c1-2-27-15-11(18(29)22-10-3-5-26(6-4-10)13(28)7-19)8-21-9-12(15)23-17(27)14-16(20)25-30-24-14;;/h8-10H,2-7,19H2,1H3,(H2,20,25)(H,22,29);2*1H. The molecule has 174 valence electrons.